The normalized spacial score (nSPS) is 14.5. The number of hydrogen-bond donors (Lipinski definition) is 0. The highest BCUT2D eigenvalue weighted by Crippen LogP contribution is 2.15. The molecule has 0 N–H and O–H groups in total. The van der Waals surface area contributed by atoms with Crippen molar-refractivity contribution in [1.82, 2.24) is 14.9 Å². The maximum Gasteiger partial charge on any atom is 0.222 e. The first-order valence-electron chi connectivity index (χ1n) is 9.25. The third-order valence-electron chi connectivity index (χ3n) is 4.78. The summed E-state index contributed by atoms with van der Waals surface area (Å²) in [5.41, 5.74) is 1.31. The fourth-order valence-corrected chi connectivity index (χ4v) is 3.36. The molecule has 1 aliphatic heterocycles. The van der Waals surface area contributed by atoms with E-state index in [4.69, 9.17) is 11.6 Å². The van der Waals surface area contributed by atoms with Crippen LogP contribution in [0.25, 0.3) is 0 Å². The van der Waals surface area contributed by atoms with Crippen LogP contribution in [-0.4, -0.2) is 47.0 Å². The molecular formula is C20H25ClN4O. The summed E-state index contributed by atoms with van der Waals surface area (Å²) in [6.45, 7) is 3.17. The number of halogens is 1. The third kappa shape index (κ3) is 5.43. The number of anilines is 1. The van der Waals surface area contributed by atoms with Crippen molar-refractivity contribution in [2.75, 3.05) is 31.1 Å². The topological polar surface area (TPSA) is 49.3 Å². The molecule has 2 heterocycles. The molecule has 6 heteroatoms. The molecule has 0 spiro atoms. The number of carbonyl (C=O) groups is 1. The number of amides is 1. The van der Waals surface area contributed by atoms with Crippen molar-refractivity contribution in [3.63, 3.8) is 0 Å². The summed E-state index contributed by atoms with van der Waals surface area (Å²) in [6, 6.07) is 8.01. The van der Waals surface area contributed by atoms with Gasteiger partial charge in [0.1, 0.15) is 5.82 Å². The number of carbonyl (C=O) groups excluding carboxylic acids is 1. The summed E-state index contributed by atoms with van der Waals surface area (Å²) < 4.78 is 0. The van der Waals surface area contributed by atoms with Gasteiger partial charge in [-0.15, -0.1) is 0 Å². The van der Waals surface area contributed by atoms with E-state index in [0.717, 1.165) is 62.7 Å². The van der Waals surface area contributed by atoms with E-state index in [0.29, 0.717) is 6.42 Å². The number of nitrogens with zero attached hydrogens (tertiary/aromatic N) is 4. The predicted molar refractivity (Wildman–Crippen MR) is 104 cm³/mol. The Morgan fingerprint density at radius 2 is 1.77 bits per heavy atom. The molecule has 1 amide bonds. The number of aryl methyl sites for hydroxylation is 1. The first-order valence-corrected chi connectivity index (χ1v) is 9.63. The van der Waals surface area contributed by atoms with Crippen LogP contribution in [0.5, 0.6) is 0 Å². The Morgan fingerprint density at radius 3 is 2.46 bits per heavy atom. The molecule has 1 aromatic carbocycles. The first-order chi connectivity index (χ1) is 12.7. The lowest BCUT2D eigenvalue weighted by atomic mass is 10.1. The van der Waals surface area contributed by atoms with Crippen LogP contribution in [-0.2, 0) is 11.2 Å². The van der Waals surface area contributed by atoms with Gasteiger partial charge < -0.3 is 9.80 Å². The Morgan fingerprint density at radius 1 is 1.00 bits per heavy atom. The van der Waals surface area contributed by atoms with Gasteiger partial charge >= 0.3 is 0 Å². The Labute approximate surface area is 160 Å². The van der Waals surface area contributed by atoms with Crippen LogP contribution in [0.4, 0.5) is 5.82 Å². The van der Waals surface area contributed by atoms with E-state index in [-0.39, 0.29) is 5.91 Å². The number of benzene rings is 1. The molecule has 138 valence electrons. The van der Waals surface area contributed by atoms with Gasteiger partial charge in [-0.25, -0.2) is 4.98 Å². The summed E-state index contributed by atoms with van der Waals surface area (Å²) in [5.74, 6) is 1.16. The fourth-order valence-electron chi connectivity index (χ4n) is 3.23. The second-order valence-corrected chi connectivity index (χ2v) is 7.06. The van der Waals surface area contributed by atoms with Gasteiger partial charge in [0.15, 0.2) is 0 Å². The highest BCUT2D eigenvalue weighted by molar-refractivity contribution is 6.30. The summed E-state index contributed by atoms with van der Waals surface area (Å²) in [5, 5.41) is 0.777. The Bertz CT molecular complexity index is 685. The van der Waals surface area contributed by atoms with E-state index in [1.165, 1.54) is 5.56 Å². The van der Waals surface area contributed by atoms with Crippen LogP contribution in [0.2, 0.25) is 5.02 Å². The van der Waals surface area contributed by atoms with Crippen LogP contribution in [0.3, 0.4) is 0 Å². The van der Waals surface area contributed by atoms with Gasteiger partial charge in [-0.05, 0) is 37.0 Å². The highest BCUT2D eigenvalue weighted by atomic mass is 35.5. The van der Waals surface area contributed by atoms with E-state index in [1.807, 2.05) is 17.0 Å². The van der Waals surface area contributed by atoms with E-state index in [2.05, 4.69) is 27.0 Å². The van der Waals surface area contributed by atoms with E-state index in [9.17, 15) is 4.79 Å². The number of rotatable bonds is 7. The SMILES string of the molecule is O=C(CCCCCc1ccc(Cl)cc1)N1CCN(c2cnccn2)CC1. The van der Waals surface area contributed by atoms with Gasteiger partial charge in [-0.3, -0.25) is 9.78 Å². The number of hydrogen-bond acceptors (Lipinski definition) is 4. The second kappa shape index (κ2) is 9.53. The zero-order valence-electron chi connectivity index (χ0n) is 15.0. The molecular weight excluding hydrogens is 348 g/mol. The number of piperazine rings is 1. The third-order valence-corrected chi connectivity index (χ3v) is 5.03. The zero-order chi connectivity index (χ0) is 18.2. The Balaban J connectivity index is 1.31. The molecule has 1 aromatic heterocycles. The Kier molecular flexibility index (Phi) is 6.83. The smallest absolute Gasteiger partial charge is 0.222 e. The zero-order valence-corrected chi connectivity index (χ0v) is 15.7. The van der Waals surface area contributed by atoms with Crippen LogP contribution in [0, 0.1) is 0 Å². The van der Waals surface area contributed by atoms with Crippen molar-refractivity contribution in [3.05, 3.63) is 53.4 Å². The monoisotopic (exact) mass is 372 g/mol. The van der Waals surface area contributed by atoms with Gasteiger partial charge in [-0.2, -0.15) is 0 Å². The van der Waals surface area contributed by atoms with Crippen molar-refractivity contribution in [2.24, 2.45) is 0 Å². The molecule has 1 aliphatic rings. The van der Waals surface area contributed by atoms with Crippen molar-refractivity contribution in [1.29, 1.82) is 0 Å². The van der Waals surface area contributed by atoms with Gasteiger partial charge in [0.05, 0.1) is 6.20 Å². The molecule has 1 fully saturated rings. The van der Waals surface area contributed by atoms with Gasteiger partial charge in [0.25, 0.3) is 0 Å². The quantitative estimate of drug-likeness (QED) is 0.697. The average molecular weight is 373 g/mol. The molecule has 2 aromatic rings. The average Bonchev–Trinajstić information content (AvgIpc) is 2.70. The molecule has 26 heavy (non-hydrogen) atoms. The van der Waals surface area contributed by atoms with Crippen LogP contribution in [0.1, 0.15) is 31.2 Å². The maximum absolute atomic E-state index is 12.4. The molecule has 5 nitrogen and oxygen atoms in total. The summed E-state index contributed by atoms with van der Waals surface area (Å²) in [6.07, 6.45) is 9.99. The molecule has 0 atom stereocenters. The van der Waals surface area contributed by atoms with Crippen LogP contribution < -0.4 is 4.90 Å². The minimum absolute atomic E-state index is 0.273. The van der Waals surface area contributed by atoms with E-state index >= 15 is 0 Å². The van der Waals surface area contributed by atoms with Gasteiger partial charge in [-0.1, -0.05) is 30.2 Å². The fraction of sp³-hybridized carbons (Fsp3) is 0.450. The van der Waals surface area contributed by atoms with E-state index in [1.54, 1.807) is 18.6 Å². The predicted octanol–water partition coefficient (Wildman–Crippen LogP) is 3.58. The number of unbranched alkanes of at least 4 members (excludes halogenated alkanes) is 2. The van der Waals surface area contributed by atoms with Crippen LogP contribution >= 0.6 is 11.6 Å². The van der Waals surface area contributed by atoms with Crippen molar-refractivity contribution < 1.29 is 4.79 Å². The molecule has 3 rings (SSSR count). The lowest BCUT2D eigenvalue weighted by Crippen LogP contribution is -2.49. The Hall–Kier alpha value is -2.14. The van der Waals surface area contributed by atoms with E-state index < -0.39 is 0 Å². The van der Waals surface area contributed by atoms with Crippen molar-refractivity contribution in [2.45, 2.75) is 32.1 Å². The minimum Gasteiger partial charge on any atom is -0.352 e. The molecule has 0 bridgehead atoms. The lowest BCUT2D eigenvalue weighted by molar-refractivity contribution is -0.131. The molecule has 0 unspecified atom stereocenters. The molecule has 0 radical (unpaired) electrons. The van der Waals surface area contributed by atoms with Gasteiger partial charge in [0.2, 0.25) is 5.91 Å². The second-order valence-electron chi connectivity index (χ2n) is 6.62. The van der Waals surface area contributed by atoms with Gasteiger partial charge in [0, 0.05) is 50.0 Å². The summed E-state index contributed by atoms with van der Waals surface area (Å²) in [4.78, 5) is 25.0. The van der Waals surface area contributed by atoms with Crippen LogP contribution in [0.15, 0.2) is 42.9 Å². The highest BCUT2D eigenvalue weighted by Gasteiger charge is 2.21. The minimum atomic E-state index is 0.273. The largest absolute Gasteiger partial charge is 0.352 e. The molecule has 1 saturated heterocycles. The maximum atomic E-state index is 12.4. The lowest BCUT2D eigenvalue weighted by Gasteiger charge is -2.35. The van der Waals surface area contributed by atoms with Crippen molar-refractivity contribution in [3.8, 4) is 0 Å². The summed E-state index contributed by atoms with van der Waals surface area (Å²) >= 11 is 5.90. The standard InChI is InChI=1S/C20H25ClN4O/c21-18-8-6-17(7-9-18)4-2-1-3-5-20(26)25-14-12-24(13-15-25)19-16-22-10-11-23-19/h6-11,16H,1-5,12-15H2. The first kappa shape index (κ1) is 18.6. The molecule has 0 saturated carbocycles. The van der Waals surface area contributed by atoms with Crippen molar-refractivity contribution >= 4 is 23.3 Å². The number of aromatic nitrogens is 2. The summed E-state index contributed by atoms with van der Waals surface area (Å²) in [7, 11) is 0. The molecule has 0 aliphatic carbocycles.